The minimum Gasteiger partial charge on any atom is -0.755 e. The zero-order chi connectivity index (χ0) is 21.1. The maximum atomic E-state index is 12.0. The summed E-state index contributed by atoms with van der Waals surface area (Å²) in [6.07, 6.45) is 1.76. The molecule has 4 rings (SSSR count). The molecule has 2 unspecified atom stereocenters. The minimum absolute atomic E-state index is 0.0355. The van der Waals surface area contributed by atoms with Gasteiger partial charge in [0.05, 0.1) is 0 Å². The highest BCUT2D eigenvalue weighted by atomic mass is 32.2. The highest BCUT2D eigenvalue weighted by Gasteiger charge is 2.28. The van der Waals surface area contributed by atoms with Gasteiger partial charge in [-0.15, -0.1) is 0 Å². The van der Waals surface area contributed by atoms with Crippen LogP contribution >= 0.6 is 0 Å². The number of carbonyl (C=O) groups is 1. The normalized spacial score (nSPS) is 13.1. The van der Waals surface area contributed by atoms with Gasteiger partial charge in [-0.25, -0.2) is 4.79 Å². The van der Waals surface area contributed by atoms with Crippen molar-refractivity contribution in [1.82, 2.24) is 4.98 Å². The number of nitrogens with zero attached hydrogens (tertiary/aromatic N) is 1. The zero-order valence-electron chi connectivity index (χ0n) is 15.9. The Hall–Kier alpha value is -3.42. The second kappa shape index (κ2) is 8.52. The highest BCUT2D eigenvalue weighted by molar-refractivity contribution is 7.80. The fraction of sp³-hybridized carbons (Fsp3) is 0.0870. The molecule has 0 aliphatic carbocycles. The summed E-state index contributed by atoms with van der Waals surface area (Å²) in [5.41, 5.74) is 3.83. The summed E-state index contributed by atoms with van der Waals surface area (Å²) in [5, 5.41) is 10.7. The predicted molar refractivity (Wildman–Crippen MR) is 117 cm³/mol. The van der Waals surface area contributed by atoms with Crippen molar-refractivity contribution in [2.24, 2.45) is 0 Å². The van der Waals surface area contributed by atoms with Crippen LogP contribution in [-0.2, 0) is 22.5 Å². The van der Waals surface area contributed by atoms with Crippen LogP contribution in [0.15, 0.2) is 85.1 Å². The maximum Gasteiger partial charge on any atom is 0.327 e. The average molecular weight is 419 g/mol. The van der Waals surface area contributed by atoms with Gasteiger partial charge in [-0.2, -0.15) is 0 Å². The lowest BCUT2D eigenvalue weighted by Gasteiger charge is -2.32. The van der Waals surface area contributed by atoms with Crippen LogP contribution in [0.5, 0.6) is 0 Å². The maximum absolute atomic E-state index is 12.0. The van der Waals surface area contributed by atoms with E-state index in [1.807, 2.05) is 54.6 Å². The van der Waals surface area contributed by atoms with E-state index in [0.29, 0.717) is 5.69 Å². The number of carboxylic acid groups (broad SMARTS) is 1. The van der Waals surface area contributed by atoms with Crippen molar-refractivity contribution in [3.8, 4) is 11.1 Å². The molecule has 3 aromatic carbocycles. The third-order valence-electron chi connectivity index (χ3n) is 5.05. The van der Waals surface area contributed by atoms with E-state index < -0.39 is 23.3 Å². The summed E-state index contributed by atoms with van der Waals surface area (Å²) in [6, 6.07) is 22.7. The largest absolute Gasteiger partial charge is 0.755 e. The van der Waals surface area contributed by atoms with Gasteiger partial charge in [0.15, 0.2) is 0 Å². The molecule has 0 saturated carbocycles. The molecular formula is C23H19N2O4S-. The zero-order valence-corrected chi connectivity index (χ0v) is 16.7. The van der Waals surface area contributed by atoms with E-state index in [-0.39, 0.29) is 6.42 Å². The monoisotopic (exact) mass is 419 g/mol. The number of nitrogens with one attached hydrogen (secondary N) is 1. The highest BCUT2D eigenvalue weighted by Crippen LogP contribution is 2.27. The SMILES string of the molecule is O=C(O)C(Cc1c[nH]c2ccccc12)N(c1ccc(-c2ccccc2)cc1)S(=O)[O-]. The van der Waals surface area contributed by atoms with Gasteiger partial charge in [-0.1, -0.05) is 60.7 Å². The Labute approximate surface area is 176 Å². The lowest BCUT2D eigenvalue weighted by Crippen LogP contribution is -2.44. The van der Waals surface area contributed by atoms with E-state index in [2.05, 4.69) is 4.98 Å². The van der Waals surface area contributed by atoms with E-state index in [9.17, 15) is 18.7 Å². The van der Waals surface area contributed by atoms with Crippen molar-refractivity contribution >= 4 is 33.8 Å². The number of aliphatic carboxylic acids is 1. The Morgan fingerprint density at radius 1 is 0.967 bits per heavy atom. The third-order valence-corrected chi connectivity index (χ3v) is 5.83. The van der Waals surface area contributed by atoms with Gasteiger partial charge >= 0.3 is 5.97 Å². The van der Waals surface area contributed by atoms with Crippen LogP contribution in [0.1, 0.15) is 5.56 Å². The minimum atomic E-state index is -2.76. The molecule has 30 heavy (non-hydrogen) atoms. The van der Waals surface area contributed by atoms with Crippen molar-refractivity contribution in [3.63, 3.8) is 0 Å². The Balaban J connectivity index is 1.67. The number of aromatic amines is 1. The molecule has 0 saturated heterocycles. The summed E-state index contributed by atoms with van der Waals surface area (Å²) in [7, 11) is 0. The Kier molecular flexibility index (Phi) is 5.65. The molecular weight excluding hydrogens is 400 g/mol. The van der Waals surface area contributed by atoms with Gasteiger partial charge in [-0.3, -0.25) is 8.51 Å². The number of carboxylic acids is 1. The molecule has 0 aliphatic heterocycles. The fourth-order valence-corrected chi connectivity index (χ4v) is 4.25. The number of fused-ring (bicyclic) bond motifs is 1. The molecule has 4 aromatic rings. The first-order chi connectivity index (χ1) is 14.5. The fourth-order valence-electron chi connectivity index (χ4n) is 3.58. The standard InChI is InChI=1S/C23H20N2O4S/c26-23(27)22(14-18-15-24-21-9-5-4-8-20(18)21)25(30(28)29)19-12-10-17(11-13-19)16-6-2-1-3-7-16/h1-13,15,22,24H,14H2,(H,26,27)(H,28,29)/p-1. The van der Waals surface area contributed by atoms with E-state index in [4.69, 9.17) is 0 Å². The molecule has 2 N–H and O–H groups in total. The third kappa shape index (κ3) is 3.98. The molecule has 0 bridgehead atoms. The summed E-state index contributed by atoms with van der Waals surface area (Å²) >= 11 is -2.76. The number of hydrogen-bond acceptors (Lipinski definition) is 3. The molecule has 0 fully saturated rings. The molecule has 0 radical (unpaired) electrons. The van der Waals surface area contributed by atoms with Crippen LogP contribution in [-0.4, -0.2) is 30.9 Å². The second-order valence-electron chi connectivity index (χ2n) is 6.87. The summed E-state index contributed by atoms with van der Waals surface area (Å²) in [4.78, 5) is 15.1. The van der Waals surface area contributed by atoms with Crippen molar-refractivity contribution < 1.29 is 18.7 Å². The number of hydrogen-bond donors (Lipinski definition) is 2. The number of benzene rings is 3. The Bertz CT molecular complexity index is 1190. The Morgan fingerprint density at radius 2 is 1.60 bits per heavy atom. The van der Waals surface area contributed by atoms with Crippen LogP contribution in [0.3, 0.4) is 0 Å². The molecule has 2 atom stereocenters. The van der Waals surface area contributed by atoms with Crippen molar-refractivity contribution in [2.75, 3.05) is 4.31 Å². The first-order valence-corrected chi connectivity index (χ1v) is 10.4. The molecule has 6 nitrogen and oxygen atoms in total. The van der Waals surface area contributed by atoms with Crippen LogP contribution in [0, 0.1) is 0 Å². The predicted octanol–water partition coefficient (Wildman–Crippen LogP) is 4.13. The molecule has 7 heteroatoms. The van der Waals surface area contributed by atoms with Gasteiger partial charge in [0.1, 0.15) is 6.04 Å². The molecule has 1 aromatic heterocycles. The Morgan fingerprint density at radius 3 is 2.27 bits per heavy atom. The summed E-state index contributed by atoms with van der Waals surface area (Å²) in [5.74, 6) is -1.21. The molecule has 0 amide bonds. The van der Waals surface area contributed by atoms with Gasteiger partial charge in [0.2, 0.25) is 0 Å². The number of aromatic nitrogens is 1. The molecule has 152 valence electrons. The average Bonchev–Trinajstić information content (AvgIpc) is 3.17. The van der Waals surface area contributed by atoms with Crippen molar-refractivity contribution in [3.05, 3.63) is 90.6 Å². The molecule has 1 heterocycles. The van der Waals surface area contributed by atoms with E-state index in [1.165, 1.54) is 0 Å². The van der Waals surface area contributed by atoms with Crippen molar-refractivity contribution in [1.29, 1.82) is 0 Å². The van der Waals surface area contributed by atoms with Crippen LogP contribution in [0.2, 0.25) is 0 Å². The van der Waals surface area contributed by atoms with Gasteiger partial charge in [0, 0.05) is 40.5 Å². The van der Waals surface area contributed by atoms with Crippen molar-refractivity contribution in [2.45, 2.75) is 12.5 Å². The van der Waals surface area contributed by atoms with Crippen LogP contribution in [0.25, 0.3) is 22.0 Å². The summed E-state index contributed by atoms with van der Waals surface area (Å²) < 4.78 is 25.0. The van der Waals surface area contributed by atoms with E-state index in [0.717, 1.165) is 31.9 Å². The summed E-state index contributed by atoms with van der Waals surface area (Å²) in [6.45, 7) is 0. The number of para-hydroxylation sites is 1. The number of anilines is 1. The number of H-pyrrole nitrogens is 1. The topological polar surface area (TPSA) is 96.5 Å². The van der Waals surface area contributed by atoms with Gasteiger partial charge < -0.3 is 14.6 Å². The van der Waals surface area contributed by atoms with E-state index in [1.54, 1.807) is 30.5 Å². The second-order valence-corrected chi connectivity index (χ2v) is 7.70. The molecule has 0 spiro atoms. The first kappa shape index (κ1) is 19.9. The van der Waals surface area contributed by atoms with E-state index >= 15 is 0 Å². The van der Waals surface area contributed by atoms with Crippen LogP contribution < -0.4 is 4.31 Å². The van der Waals surface area contributed by atoms with Crippen LogP contribution in [0.4, 0.5) is 5.69 Å². The van der Waals surface area contributed by atoms with Gasteiger partial charge in [0.25, 0.3) is 0 Å². The lowest BCUT2D eigenvalue weighted by atomic mass is 10.0. The van der Waals surface area contributed by atoms with Gasteiger partial charge in [-0.05, 0) is 34.9 Å². The first-order valence-electron chi connectivity index (χ1n) is 9.36. The number of rotatable bonds is 7. The smallest absolute Gasteiger partial charge is 0.327 e. The molecule has 0 aliphatic rings. The quantitative estimate of drug-likeness (QED) is 0.440. The lowest BCUT2D eigenvalue weighted by molar-refractivity contribution is -0.138.